The summed E-state index contributed by atoms with van der Waals surface area (Å²) in [6, 6.07) is 17.9. The number of amides is 1. The molecule has 4 aromatic rings. The number of hydrogen-bond acceptors (Lipinski definition) is 6. The topological polar surface area (TPSA) is 109 Å². The van der Waals surface area contributed by atoms with Crippen LogP contribution < -0.4 is 14.9 Å². The van der Waals surface area contributed by atoms with E-state index >= 15 is 0 Å². The summed E-state index contributed by atoms with van der Waals surface area (Å²) in [7, 11) is 3.13. The number of carbonyl (C=O) groups excluding carboxylic acids is 1. The van der Waals surface area contributed by atoms with Gasteiger partial charge in [0, 0.05) is 11.1 Å². The van der Waals surface area contributed by atoms with E-state index in [4.69, 9.17) is 9.47 Å². The standard InChI is InChI=1S/C23H20N4O4/c1-30-15-8-10-22(31-2)17(11-15)19-12-20(26-25-19)23(29)27-24-13-18-16-6-4-3-5-14(16)7-9-21(18)28/h3-13,28H,1-2H3,(H,25,26)(H,27,29)/b24-13-. The summed E-state index contributed by atoms with van der Waals surface area (Å²) in [5.74, 6) is 0.843. The number of aromatic nitrogens is 2. The Morgan fingerprint density at radius 2 is 1.94 bits per heavy atom. The second-order valence-electron chi connectivity index (χ2n) is 6.65. The van der Waals surface area contributed by atoms with Gasteiger partial charge < -0.3 is 14.6 Å². The molecule has 0 saturated heterocycles. The van der Waals surface area contributed by atoms with Gasteiger partial charge in [-0.25, -0.2) is 5.43 Å². The highest BCUT2D eigenvalue weighted by Gasteiger charge is 2.15. The number of fused-ring (bicyclic) bond motifs is 1. The molecule has 1 amide bonds. The fraction of sp³-hybridized carbons (Fsp3) is 0.0870. The molecule has 31 heavy (non-hydrogen) atoms. The number of rotatable bonds is 6. The van der Waals surface area contributed by atoms with Gasteiger partial charge in [-0.3, -0.25) is 9.89 Å². The average molecular weight is 416 g/mol. The number of H-pyrrole nitrogens is 1. The van der Waals surface area contributed by atoms with Gasteiger partial charge in [0.1, 0.15) is 22.9 Å². The molecule has 4 rings (SSSR count). The number of phenolic OH excluding ortho intramolecular Hbond substituents is 1. The van der Waals surface area contributed by atoms with Crippen LogP contribution in [0.1, 0.15) is 16.1 Å². The molecule has 0 radical (unpaired) electrons. The predicted octanol–water partition coefficient (Wildman–Crippen LogP) is 3.72. The molecule has 0 aliphatic rings. The Morgan fingerprint density at radius 1 is 1.10 bits per heavy atom. The number of phenols is 1. The van der Waals surface area contributed by atoms with Crippen LogP contribution in [0, 0.1) is 0 Å². The maximum Gasteiger partial charge on any atom is 0.289 e. The van der Waals surface area contributed by atoms with E-state index in [1.165, 1.54) is 6.21 Å². The number of aromatic hydroxyl groups is 1. The van der Waals surface area contributed by atoms with Crippen LogP contribution in [0.4, 0.5) is 0 Å². The third-order valence-corrected chi connectivity index (χ3v) is 4.81. The Morgan fingerprint density at radius 3 is 2.74 bits per heavy atom. The van der Waals surface area contributed by atoms with E-state index in [9.17, 15) is 9.90 Å². The van der Waals surface area contributed by atoms with E-state index in [0.717, 1.165) is 10.8 Å². The van der Waals surface area contributed by atoms with Gasteiger partial charge in [-0.15, -0.1) is 0 Å². The first-order valence-electron chi connectivity index (χ1n) is 9.42. The predicted molar refractivity (Wildman–Crippen MR) is 118 cm³/mol. The van der Waals surface area contributed by atoms with Crippen molar-refractivity contribution < 1.29 is 19.4 Å². The molecule has 8 heteroatoms. The Labute approximate surface area is 178 Å². The van der Waals surface area contributed by atoms with E-state index in [2.05, 4.69) is 20.7 Å². The van der Waals surface area contributed by atoms with E-state index < -0.39 is 5.91 Å². The summed E-state index contributed by atoms with van der Waals surface area (Å²) < 4.78 is 10.6. The second kappa shape index (κ2) is 8.58. The quantitative estimate of drug-likeness (QED) is 0.328. The number of hydrogen-bond donors (Lipinski definition) is 3. The third-order valence-electron chi connectivity index (χ3n) is 4.81. The molecule has 1 heterocycles. The van der Waals surface area contributed by atoms with Crippen molar-refractivity contribution in [3.63, 3.8) is 0 Å². The maximum atomic E-state index is 12.5. The lowest BCUT2D eigenvalue weighted by Gasteiger charge is -2.08. The summed E-state index contributed by atoms with van der Waals surface area (Å²) in [5.41, 5.74) is 4.39. The zero-order chi connectivity index (χ0) is 21.8. The summed E-state index contributed by atoms with van der Waals surface area (Å²) in [6.45, 7) is 0. The van der Waals surface area contributed by atoms with Gasteiger partial charge in [0.25, 0.3) is 5.91 Å². The molecule has 0 saturated carbocycles. The summed E-state index contributed by atoms with van der Waals surface area (Å²) in [4.78, 5) is 12.5. The monoisotopic (exact) mass is 416 g/mol. The van der Waals surface area contributed by atoms with Crippen LogP contribution in [-0.2, 0) is 0 Å². The Balaban J connectivity index is 1.54. The fourth-order valence-electron chi connectivity index (χ4n) is 3.23. The molecule has 3 aromatic carbocycles. The van der Waals surface area contributed by atoms with Crippen molar-refractivity contribution >= 4 is 22.9 Å². The Bertz CT molecular complexity index is 1280. The molecule has 0 bridgehead atoms. The van der Waals surface area contributed by atoms with Crippen molar-refractivity contribution in [1.82, 2.24) is 15.6 Å². The lowest BCUT2D eigenvalue weighted by molar-refractivity contribution is 0.0950. The number of ether oxygens (including phenoxy) is 2. The molecular formula is C23H20N4O4. The van der Waals surface area contributed by atoms with Crippen molar-refractivity contribution in [2.45, 2.75) is 0 Å². The number of aromatic amines is 1. The van der Waals surface area contributed by atoms with E-state index in [1.807, 2.05) is 30.3 Å². The van der Waals surface area contributed by atoms with E-state index in [0.29, 0.717) is 28.3 Å². The highest BCUT2D eigenvalue weighted by atomic mass is 16.5. The van der Waals surface area contributed by atoms with Crippen LogP contribution in [0.15, 0.2) is 65.8 Å². The first-order chi connectivity index (χ1) is 15.1. The molecular weight excluding hydrogens is 396 g/mol. The van der Waals surface area contributed by atoms with Crippen LogP contribution in [0.5, 0.6) is 17.2 Å². The Kier molecular flexibility index (Phi) is 5.53. The van der Waals surface area contributed by atoms with Crippen LogP contribution in [0.25, 0.3) is 22.0 Å². The number of methoxy groups -OCH3 is 2. The van der Waals surface area contributed by atoms with E-state index in [-0.39, 0.29) is 11.4 Å². The van der Waals surface area contributed by atoms with Gasteiger partial charge in [-0.1, -0.05) is 30.3 Å². The van der Waals surface area contributed by atoms with Gasteiger partial charge in [0.15, 0.2) is 0 Å². The largest absolute Gasteiger partial charge is 0.507 e. The van der Waals surface area contributed by atoms with Crippen LogP contribution in [0.3, 0.4) is 0 Å². The van der Waals surface area contributed by atoms with Crippen molar-refractivity contribution in [1.29, 1.82) is 0 Å². The highest BCUT2D eigenvalue weighted by Crippen LogP contribution is 2.32. The second-order valence-corrected chi connectivity index (χ2v) is 6.65. The van der Waals surface area contributed by atoms with E-state index in [1.54, 1.807) is 44.6 Å². The molecule has 0 aliphatic carbocycles. The van der Waals surface area contributed by atoms with Gasteiger partial charge in [-0.05, 0) is 41.1 Å². The number of carbonyl (C=O) groups is 1. The molecule has 3 N–H and O–H groups in total. The maximum absolute atomic E-state index is 12.5. The van der Waals surface area contributed by atoms with Crippen LogP contribution in [0.2, 0.25) is 0 Å². The summed E-state index contributed by atoms with van der Waals surface area (Å²) >= 11 is 0. The zero-order valence-corrected chi connectivity index (χ0v) is 16.9. The molecule has 0 atom stereocenters. The van der Waals surface area contributed by atoms with Gasteiger partial charge in [0.2, 0.25) is 0 Å². The zero-order valence-electron chi connectivity index (χ0n) is 16.9. The number of nitrogens with zero attached hydrogens (tertiary/aromatic N) is 2. The molecule has 156 valence electrons. The minimum Gasteiger partial charge on any atom is -0.507 e. The summed E-state index contributed by atoms with van der Waals surface area (Å²) in [6.07, 6.45) is 1.41. The SMILES string of the molecule is COc1ccc(OC)c(-c2cc(C(=O)N/N=C\c3c(O)ccc4ccccc34)[nH]n2)c1. The first kappa shape index (κ1) is 20.0. The van der Waals surface area contributed by atoms with Gasteiger partial charge >= 0.3 is 0 Å². The lowest BCUT2D eigenvalue weighted by Crippen LogP contribution is -2.18. The minimum absolute atomic E-state index is 0.0747. The molecule has 0 aliphatic heterocycles. The van der Waals surface area contributed by atoms with Crippen molar-refractivity contribution in [2.75, 3.05) is 14.2 Å². The van der Waals surface area contributed by atoms with Crippen LogP contribution >= 0.6 is 0 Å². The van der Waals surface area contributed by atoms with Crippen molar-refractivity contribution in [3.8, 4) is 28.5 Å². The molecule has 8 nitrogen and oxygen atoms in total. The van der Waals surface area contributed by atoms with Gasteiger partial charge in [-0.2, -0.15) is 10.2 Å². The number of nitrogens with one attached hydrogen (secondary N) is 2. The number of benzene rings is 3. The minimum atomic E-state index is -0.475. The third kappa shape index (κ3) is 4.04. The molecule has 0 fully saturated rings. The van der Waals surface area contributed by atoms with Crippen molar-refractivity contribution in [2.24, 2.45) is 5.10 Å². The smallest absolute Gasteiger partial charge is 0.289 e. The average Bonchev–Trinajstić information content (AvgIpc) is 3.30. The Hall–Kier alpha value is -4.33. The van der Waals surface area contributed by atoms with Gasteiger partial charge in [0.05, 0.1) is 26.1 Å². The normalized spacial score (nSPS) is 11.0. The molecule has 1 aromatic heterocycles. The molecule has 0 spiro atoms. The first-order valence-corrected chi connectivity index (χ1v) is 9.42. The molecule has 0 unspecified atom stereocenters. The summed E-state index contributed by atoms with van der Waals surface area (Å²) in [5, 5.41) is 22.9. The van der Waals surface area contributed by atoms with Crippen molar-refractivity contribution in [3.05, 3.63) is 71.9 Å². The fourth-order valence-corrected chi connectivity index (χ4v) is 3.23. The number of hydrazone groups is 1. The lowest BCUT2D eigenvalue weighted by atomic mass is 10.0. The van der Waals surface area contributed by atoms with Crippen LogP contribution in [-0.4, -0.2) is 41.6 Å². The highest BCUT2D eigenvalue weighted by molar-refractivity contribution is 6.03.